The van der Waals surface area contributed by atoms with E-state index in [-0.39, 0.29) is 5.82 Å². The summed E-state index contributed by atoms with van der Waals surface area (Å²) in [6.45, 7) is 0. The molecule has 0 bridgehead atoms. The Balaban J connectivity index is 2.18. The first kappa shape index (κ1) is 15.0. The van der Waals surface area contributed by atoms with Crippen molar-refractivity contribution in [3.63, 3.8) is 0 Å². The summed E-state index contributed by atoms with van der Waals surface area (Å²) in [5.41, 5.74) is 2.33. The molecule has 4 heteroatoms. The van der Waals surface area contributed by atoms with Crippen LogP contribution in [0.15, 0.2) is 46.9 Å². The Morgan fingerprint density at radius 1 is 1.11 bits per heavy atom. The minimum atomic E-state index is -0.231. The van der Waals surface area contributed by atoms with E-state index >= 15 is 0 Å². The number of benzene rings is 2. The molecule has 0 aliphatic rings. The van der Waals surface area contributed by atoms with Gasteiger partial charge in [0, 0.05) is 10.4 Å². The van der Waals surface area contributed by atoms with Gasteiger partial charge in [-0.15, -0.1) is 0 Å². The Bertz CT molecular complexity index is 555. The highest BCUT2D eigenvalue weighted by atomic mass is 79.9. The van der Waals surface area contributed by atoms with Gasteiger partial charge >= 0.3 is 0 Å². The average Bonchev–Trinajstić information content (AvgIpc) is 2.41. The molecule has 0 aliphatic carbocycles. The smallest absolute Gasteiger partial charge is 0.137 e. The summed E-state index contributed by atoms with van der Waals surface area (Å²) in [5, 5.41) is 1.59. The van der Waals surface area contributed by atoms with Crippen molar-refractivity contribution in [1.82, 2.24) is 0 Å². The molecule has 0 heterocycles. The van der Waals surface area contributed by atoms with Gasteiger partial charge in [0.1, 0.15) is 5.82 Å². The molecule has 0 saturated heterocycles. The van der Waals surface area contributed by atoms with Crippen LogP contribution in [0.2, 0.25) is 5.02 Å². The number of hydrogen-bond acceptors (Lipinski definition) is 0. The summed E-state index contributed by atoms with van der Waals surface area (Å²) in [7, 11) is 0. The molecule has 0 amide bonds. The number of halogens is 4. The monoisotopic (exact) mass is 404 g/mol. The number of alkyl halides is 1. The fourth-order valence-electron chi connectivity index (χ4n) is 1.95. The summed E-state index contributed by atoms with van der Waals surface area (Å²) in [6, 6.07) is 13.0. The molecule has 0 aromatic heterocycles. The summed E-state index contributed by atoms with van der Waals surface area (Å²) >= 11 is 12.7. The van der Waals surface area contributed by atoms with Gasteiger partial charge in [0.15, 0.2) is 0 Å². The molecule has 0 fully saturated rings. The Labute approximate surface area is 134 Å². The molecule has 2 aromatic carbocycles. The van der Waals surface area contributed by atoms with Gasteiger partial charge in [0.2, 0.25) is 0 Å². The van der Waals surface area contributed by atoms with E-state index in [0.29, 0.717) is 10.4 Å². The number of hydrogen-bond donors (Lipinski definition) is 0. The molecule has 100 valence electrons. The predicted molar refractivity (Wildman–Crippen MR) is 85.8 cm³/mol. The van der Waals surface area contributed by atoms with Crippen LogP contribution in [0.25, 0.3) is 0 Å². The summed E-state index contributed by atoms with van der Waals surface area (Å²) in [4.78, 5) is 0. The van der Waals surface area contributed by atoms with Crippen molar-refractivity contribution in [3.8, 4) is 0 Å². The van der Waals surface area contributed by atoms with Crippen molar-refractivity contribution in [3.05, 3.63) is 68.9 Å². The minimum Gasteiger partial charge on any atom is -0.206 e. The van der Waals surface area contributed by atoms with Crippen molar-refractivity contribution in [1.29, 1.82) is 0 Å². The lowest BCUT2D eigenvalue weighted by Gasteiger charge is -2.15. The molecule has 2 aromatic rings. The van der Waals surface area contributed by atoms with Crippen LogP contribution in [0.1, 0.15) is 17.0 Å². The Morgan fingerprint density at radius 3 is 2.37 bits per heavy atom. The molecule has 0 spiro atoms. The zero-order chi connectivity index (χ0) is 13.8. The van der Waals surface area contributed by atoms with Crippen LogP contribution in [0.5, 0.6) is 0 Å². The van der Waals surface area contributed by atoms with Gasteiger partial charge in [0.05, 0.1) is 4.47 Å². The van der Waals surface area contributed by atoms with Gasteiger partial charge in [-0.25, -0.2) is 4.39 Å². The largest absolute Gasteiger partial charge is 0.206 e. The first-order valence-corrected chi connectivity index (χ1v) is 8.14. The third-order valence-corrected chi connectivity index (χ3v) is 4.64. The quantitative estimate of drug-likeness (QED) is 0.550. The van der Waals surface area contributed by atoms with Gasteiger partial charge in [0.25, 0.3) is 0 Å². The molecule has 0 N–H and O–H groups in total. The number of rotatable bonds is 4. The second-order valence-electron chi connectivity index (χ2n) is 4.36. The van der Waals surface area contributed by atoms with Crippen molar-refractivity contribution in [2.45, 2.75) is 12.3 Å². The van der Waals surface area contributed by atoms with Gasteiger partial charge in [-0.05, 0) is 63.7 Å². The van der Waals surface area contributed by atoms with Crippen molar-refractivity contribution in [2.75, 3.05) is 5.33 Å². The summed E-state index contributed by atoms with van der Waals surface area (Å²) < 4.78 is 13.7. The Kier molecular flexibility index (Phi) is 5.43. The van der Waals surface area contributed by atoms with Crippen LogP contribution < -0.4 is 0 Å². The predicted octanol–water partition coefficient (Wildman–Crippen LogP) is 5.96. The van der Waals surface area contributed by atoms with Crippen LogP contribution in [0.3, 0.4) is 0 Å². The topological polar surface area (TPSA) is 0 Å². The third-order valence-electron chi connectivity index (χ3n) is 2.99. The molecule has 19 heavy (non-hydrogen) atoms. The third kappa shape index (κ3) is 4.04. The van der Waals surface area contributed by atoms with Crippen LogP contribution in [0, 0.1) is 5.82 Å². The van der Waals surface area contributed by atoms with Gasteiger partial charge in [-0.3, -0.25) is 0 Å². The van der Waals surface area contributed by atoms with Gasteiger partial charge < -0.3 is 0 Å². The van der Waals surface area contributed by atoms with Gasteiger partial charge in [-0.1, -0.05) is 45.7 Å². The SMILES string of the molecule is Fc1ccc(CC(CBr)c2ccc(Cl)cc2)cc1Br. The normalized spacial score (nSPS) is 12.4. The Hall–Kier alpha value is -0.380. The second kappa shape index (κ2) is 6.87. The van der Waals surface area contributed by atoms with E-state index in [9.17, 15) is 4.39 Å². The van der Waals surface area contributed by atoms with Gasteiger partial charge in [-0.2, -0.15) is 0 Å². The molecule has 0 aliphatic heterocycles. The lowest BCUT2D eigenvalue weighted by molar-refractivity contribution is 0.619. The molecule has 0 nitrogen and oxygen atoms in total. The zero-order valence-corrected chi connectivity index (χ0v) is 14.0. The molecule has 1 unspecified atom stereocenters. The maximum Gasteiger partial charge on any atom is 0.137 e. The average molecular weight is 407 g/mol. The van der Waals surface area contributed by atoms with Crippen molar-refractivity contribution in [2.24, 2.45) is 0 Å². The highest BCUT2D eigenvalue weighted by Crippen LogP contribution is 2.26. The van der Waals surface area contributed by atoms with Crippen LogP contribution >= 0.6 is 43.5 Å². The van der Waals surface area contributed by atoms with E-state index in [1.165, 1.54) is 11.6 Å². The van der Waals surface area contributed by atoms with Crippen LogP contribution in [0.4, 0.5) is 4.39 Å². The van der Waals surface area contributed by atoms with E-state index < -0.39 is 0 Å². The first-order chi connectivity index (χ1) is 9.10. The standard InChI is InChI=1S/C15H12Br2ClF/c16-9-12(11-2-4-13(18)5-3-11)7-10-1-6-15(19)14(17)8-10/h1-6,8,12H,7,9H2. The maximum absolute atomic E-state index is 13.2. The molecule has 0 radical (unpaired) electrons. The lowest BCUT2D eigenvalue weighted by Crippen LogP contribution is -2.04. The van der Waals surface area contributed by atoms with E-state index in [2.05, 4.69) is 31.9 Å². The first-order valence-electron chi connectivity index (χ1n) is 5.85. The zero-order valence-electron chi connectivity index (χ0n) is 10.0. The second-order valence-corrected chi connectivity index (χ2v) is 6.29. The highest BCUT2D eigenvalue weighted by molar-refractivity contribution is 9.10. The van der Waals surface area contributed by atoms with E-state index in [4.69, 9.17) is 11.6 Å². The fraction of sp³-hybridized carbons (Fsp3) is 0.200. The Morgan fingerprint density at radius 2 is 1.79 bits per heavy atom. The van der Waals surface area contributed by atoms with Crippen molar-refractivity contribution >= 4 is 43.5 Å². The maximum atomic E-state index is 13.2. The van der Waals surface area contributed by atoms with E-state index in [0.717, 1.165) is 22.3 Å². The molecular formula is C15H12Br2ClF. The summed E-state index contributed by atoms with van der Waals surface area (Å²) in [6.07, 6.45) is 0.853. The molecule has 2 rings (SSSR count). The van der Waals surface area contributed by atoms with Crippen LogP contribution in [-0.4, -0.2) is 5.33 Å². The lowest BCUT2D eigenvalue weighted by atomic mass is 9.94. The summed E-state index contributed by atoms with van der Waals surface area (Å²) in [5.74, 6) is 0.111. The molecule has 0 saturated carbocycles. The molecular weight excluding hydrogens is 394 g/mol. The highest BCUT2D eigenvalue weighted by Gasteiger charge is 2.12. The molecule has 1 atom stereocenters. The van der Waals surface area contributed by atoms with E-state index in [1.54, 1.807) is 0 Å². The minimum absolute atomic E-state index is 0.231. The van der Waals surface area contributed by atoms with Crippen LogP contribution in [-0.2, 0) is 6.42 Å². The fourth-order valence-corrected chi connectivity index (χ4v) is 3.10. The van der Waals surface area contributed by atoms with Crippen molar-refractivity contribution < 1.29 is 4.39 Å². The van der Waals surface area contributed by atoms with E-state index in [1.807, 2.05) is 36.4 Å².